The molecule has 2 N–H and O–H groups in total. The van der Waals surface area contributed by atoms with Crippen molar-refractivity contribution in [3.63, 3.8) is 0 Å². The lowest BCUT2D eigenvalue weighted by Crippen LogP contribution is -2.23. The van der Waals surface area contributed by atoms with Crippen LogP contribution >= 0.6 is 0 Å². The first kappa shape index (κ1) is 14.4. The van der Waals surface area contributed by atoms with Crippen LogP contribution in [-0.4, -0.2) is 6.04 Å². The summed E-state index contributed by atoms with van der Waals surface area (Å²) in [5.41, 5.74) is 10.2. The molecule has 3 aliphatic rings. The summed E-state index contributed by atoms with van der Waals surface area (Å²) in [5.74, 6) is 0.479. The molecule has 0 heterocycles. The summed E-state index contributed by atoms with van der Waals surface area (Å²) in [4.78, 5) is 0. The summed E-state index contributed by atoms with van der Waals surface area (Å²) in [6.07, 6.45) is 19.3. The minimum absolute atomic E-state index is 0.0341. The molecule has 3 atom stereocenters. The van der Waals surface area contributed by atoms with E-state index in [0.717, 1.165) is 19.3 Å². The molecule has 3 unspecified atom stereocenters. The molecular weight excluding hydrogens is 256 g/mol. The molecule has 0 fully saturated rings. The van der Waals surface area contributed by atoms with Gasteiger partial charge in [-0.2, -0.15) is 5.26 Å². The SMILES string of the molecule is N#CC1C=C(C2C=CC(N)CC2)C=C(C2=CCCCC2)C1. The third kappa shape index (κ3) is 3.36. The second-order valence-corrected chi connectivity index (χ2v) is 6.48. The first-order valence-corrected chi connectivity index (χ1v) is 8.21. The highest BCUT2D eigenvalue weighted by molar-refractivity contribution is 5.44. The van der Waals surface area contributed by atoms with Crippen LogP contribution in [0.4, 0.5) is 0 Å². The van der Waals surface area contributed by atoms with Crippen LogP contribution in [0.2, 0.25) is 0 Å². The minimum atomic E-state index is 0.0341. The van der Waals surface area contributed by atoms with E-state index in [2.05, 4.69) is 36.4 Å². The fourth-order valence-corrected chi connectivity index (χ4v) is 3.62. The molecule has 3 rings (SSSR count). The zero-order valence-electron chi connectivity index (χ0n) is 12.6. The van der Waals surface area contributed by atoms with Gasteiger partial charge in [0, 0.05) is 12.0 Å². The van der Waals surface area contributed by atoms with Crippen molar-refractivity contribution in [2.75, 3.05) is 0 Å². The number of nitrogens with two attached hydrogens (primary N) is 1. The lowest BCUT2D eigenvalue weighted by molar-refractivity contribution is 0.558. The molecule has 0 bridgehead atoms. The monoisotopic (exact) mass is 280 g/mol. The minimum Gasteiger partial charge on any atom is -0.324 e. The Morgan fingerprint density at radius 3 is 2.71 bits per heavy atom. The molecule has 0 saturated carbocycles. The van der Waals surface area contributed by atoms with Gasteiger partial charge < -0.3 is 5.73 Å². The first-order valence-electron chi connectivity index (χ1n) is 8.21. The molecule has 110 valence electrons. The van der Waals surface area contributed by atoms with Crippen molar-refractivity contribution in [1.82, 2.24) is 0 Å². The lowest BCUT2D eigenvalue weighted by atomic mass is 9.78. The molecule has 0 aromatic carbocycles. The number of nitriles is 1. The van der Waals surface area contributed by atoms with Gasteiger partial charge in [0.1, 0.15) is 0 Å². The van der Waals surface area contributed by atoms with Gasteiger partial charge in [0.15, 0.2) is 0 Å². The third-order valence-corrected chi connectivity index (χ3v) is 4.87. The molecule has 0 aromatic heterocycles. The fraction of sp³-hybridized carbons (Fsp3) is 0.526. The van der Waals surface area contributed by atoms with E-state index in [1.165, 1.54) is 42.4 Å². The second kappa shape index (κ2) is 6.45. The molecule has 0 aromatic rings. The van der Waals surface area contributed by atoms with Crippen LogP contribution in [0.3, 0.4) is 0 Å². The van der Waals surface area contributed by atoms with Gasteiger partial charge in [-0.15, -0.1) is 0 Å². The van der Waals surface area contributed by atoms with E-state index in [4.69, 9.17) is 5.73 Å². The predicted octanol–water partition coefficient (Wildman–Crippen LogP) is 4.18. The summed E-state index contributed by atoms with van der Waals surface area (Å²) in [6.45, 7) is 0. The normalized spacial score (nSPS) is 32.8. The van der Waals surface area contributed by atoms with E-state index in [-0.39, 0.29) is 12.0 Å². The van der Waals surface area contributed by atoms with Gasteiger partial charge in [-0.25, -0.2) is 0 Å². The van der Waals surface area contributed by atoms with Crippen molar-refractivity contribution in [2.45, 2.75) is 51.0 Å². The van der Waals surface area contributed by atoms with Crippen LogP contribution in [0.5, 0.6) is 0 Å². The molecule has 0 aliphatic heterocycles. The molecule has 2 heteroatoms. The van der Waals surface area contributed by atoms with Crippen molar-refractivity contribution in [1.29, 1.82) is 5.26 Å². The van der Waals surface area contributed by atoms with E-state index in [0.29, 0.717) is 5.92 Å². The quantitative estimate of drug-likeness (QED) is 0.771. The summed E-state index contributed by atoms with van der Waals surface area (Å²) < 4.78 is 0. The van der Waals surface area contributed by atoms with E-state index >= 15 is 0 Å². The summed E-state index contributed by atoms with van der Waals surface area (Å²) in [6, 6.07) is 2.67. The van der Waals surface area contributed by atoms with Gasteiger partial charge in [-0.1, -0.05) is 30.4 Å². The van der Waals surface area contributed by atoms with Crippen LogP contribution in [0.15, 0.2) is 47.1 Å². The Kier molecular flexibility index (Phi) is 4.41. The summed E-state index contributed by atoms with van der Waals surface area (Å²) in [7, 11) is 0. The first-order chi connectivity index (χ1) is 10.3. The number of hydrogen-bond donors (Lipinski definition) is 1. The van der Waals surface area contributed by atoms with E-state index in [1.54, 1.807) is 0 Å². The highest BCUT2D eigenvalue weighted by atomic mass is 14.6. The molecule has 3 aliphatic carbocycles. The molecule has 2 nitrogen and oxygen atoms in total. The second-order valence-electron chi connectivity index (χ2n) is 6.48. The van der Waals surface area contributed by atoms with Crippen LogP contribution in [0.25, 0.3) is 0 Å². The van der Waals surface area contributed by atoms with Crippen molar-refractivity contribution < 1.29 is 0 Å². The van der Waals surface area contributed by atoms with Crippen molar-refractivity contribution in [3.05, 3.63) is 47.1 Å². The van der Waals surface area contributed by atoms with Crippen LogP contribution in [0.1, 0.15) is 44.9 Å². The van der Waals surface area contributed by atoms with E-state index < -0.39 is 0 Å². The van der Waals surface area contributed by atoms with Gasteiger partial charge in [0.2, 0.25) is 0 Å². The van der Waals surface area contributed by atoms with E-state index in [9.17, 15) is 5.26 Å². The molecule has 0 amide bonds. The van der Waals surface area contributed by atoms with Crippen molar-refractivity contribution in [2.24, 2.45) is 17.6 Å². The third-order valence-electron chi connectivity index (χ3n) is 4.87. The molecular formula is C19H24N2. The molecule has 0 radical (unpaired) electrons. The average Bonchev–Trinajstić information content (AvgIpc) is 2.56. The number of hydrogen-bond acceptors (Lipinski definition) is 2. The largest absolute Gasteiger partial charge is 0.324 e. The zero-order chi connectivity index (χ0) is 14.7. The maximum Gasteiger partial charge on any atom is 0.0701 e. The highest BCUT2D eigenvalue weighted by Gasteiger charge is 2.23. The van der Waals surface area contributed by atoms with Gasteiger partial charge in [-0.05, 0) is 61.7 Å². The highest BCUT2D eigenvalue weighted by Crippen LogP contribution is 2.36. The Hall–Kier alpha value is -1.59. The van der Waals surface area contributed by atoms with Gasteiger partial charge >= 0.3 is 0 Å². The predicted molar refractivity (Wildman–Crippen MR) is 86.3 cm³/mol. The number of nitrogens with zero attached hydrogens (tertiary/aromatic N) is 1. The fourth-order valence-electron chi connectivity index (χ4n) is 3.62. The standard InChI is InChI=1S/C19H24N2/c20-13-14-10-17(15-4-2-1-3-5-15)12-18(11-14)16-6-8-19(21)9-7-16/h4,6,8,11-12,14,16,19H,1-3,5,7,9-10,21H2. The Balaban J connectivity index is 1.85. The summed E-state index contributed by atoms with van der Waals surface area (Å²) >= 11 is 0. The van der Waals surface area contributed by atoms with E-state index in [1.807, 2.05) is 0 Å². The summed E-state index contributed by atoms with van der Waals surface area (Å²) in [5, 5.41) is 9.39. The smallest absolute Gasteiger partial charge is 0.0701 e. The molecule has 0 spiro atoms. The van der Waals surface area contributed by atoms with Crippen LogP contribution < -0.4 is 5.73 Å². The van der Waals surface area contributed by atoms with Crippen molar-refractivity contribution in [3.8, 4) is 6.07 Å². The Morgan fingerprint density at radius 1 is 1.14 bits per heavy atom. The lowest BCUT2D eigenvalue weighted by Gasteiger charge is -2.27. The Morgan fingerprint density at radius 2 is 2.05 bits per heavy atom. The maximum atomic E-state index is 9.39. The topological polar surface area (TPSA) is 49.8 Å². The van der Waals surface area contributed by atoms with Crippen LogP contribution in [-0.2, 0) is 0 Å². The number of allylic oxidation sites excluding steroid dienone is 7. The molecule has 0 saturated heterocycles. The van der Waals surface area contributed by atoms with Gasteiger partial charge in [0.05, 0.1) is 12.0 Å². The van der Waals surface area contributed by atoms with Crippen LogP contribution in [0, 0.1) is 23.2 Å². The van der Waals surface area contributed by atoms with Crippen molar-refractivity contribution >= 4 is 0 Å². The Labute approximate surface area is 127 Å². The average molecular weight is 280 g/mol. The zero-order valence-corrected chi connectivity index (χ0v) is 12.6. The maximum absolute atomic E-state index is 9.39. The van der Waals surface area contributed by atoms with Gasteiger partial charge in [-0.3, -0.25) is 0 Å². The number of rotatable bonds is 2. The van der Waals surface area contributed by atoms with Gasteiger partial charge in [0.25, 0.3) is 0 Å². The molecule has 21 heavy (non-hydrogen) atoms. The Bertz CT molecular complexity index is 557.